The zero-order valence-electron chi connectivity index (χ0n) is 12.6. The SMILES string of the molecule is N#CC1(CNC(=O)c2csc(Nc3cc(F)cc(F)c3)n2)CCC1. The van der Waals surface area contributed by atoms with E-state index in [1.54, 1.807) is 5.38 Å². The number of benzene rings is 1. The van der Waals surface area contributed by atoms with Crippen molar-refractivity contribution in [2.45, 2.75) is 19.3 Å². The molecule has 2 N–H and O–H groups in total. The second kappa shape index (κ2) is 6.53. The van der Waals surface area contributed by atoms with Crippen LogP contribution in [0.3, 0.4) is 0 Å². The summed E-state index contributed by atoms with van der Waals surface area (Å²) in [6, 6.07) is 5.30. The molecule has 0 saturated heterocycles. The molecular weight excluding hydrogens is 334 g/mol. The lowest BCUT2D eigenvalue weighted by Gasteiger charge is -2.34. The van der Waals surface area contributed by atoms with Crippen molar-refractivity contribution in [1.82, 2.24) is 10.3 Å². The van der Waals surface area contributed by atoms with Gasteiger partial charge in [0.15, 0.2) is 5.13 Å². The summed E-state index contributed by atoms with van der Waals surface area (Å²) in [4.78, 5) is 16.2. The summed E-state index contributed by atoms with van der Waals surface area (Å²) in [6.45, 7) is 0.303. The quantitative estimate of drug-likeness (QED) is 0.866. The maximum absolute atomic E-state index is 13.2. The van der Waals surface area contributed by atoms with E-state index in [2.05, 4.69) is 21.7 Å². The van der Waals surface area contributed by atoms with E-state index >= 15 is 0 Å². The van der Waals surface area contributed by atoms with Crippen molar-refractivity contribution in [2.75, 3.05) is 11.9 Å². The Kier molecular flexibility index (Phi) is 4.44. The molecule has 1 fully saturated rings. The van der Waals surface area contributed by atoms with Crippen molar-refractivity contribution in [3.05, 3.63) is 40.9 Å². The van der Waals surface area contributed by atoms with Gasteiger partial charge in [-0.05, 0) is 25.0 Å². The first-order valence-corrected chi connectivity index (χ1v) is 8.26. The lowest BCUT2D eigenvalue weighted by atomic mass is 9.70. The molecule has 1 aliphatic rings. The van der Waals surface area contributed by atoms with Crippen LogP contribution in [0.25, 0.3) is 0 Å². The van der Waals surface area contributed by atoms with E-state index in [1.165, 1.54) is 0 Å². The summed E-state index contributed by atoms with van der Waals surface area (Å²) in [5, 5.41) is 16.5. The van der Waals surface area contributed by atoms with Crippen molar-refractivity contribution < 1.29 is 13.6 Å². The Morgan fingerprint density at radius 2 is 2.04 bits per heavy atom. The Morgan fingerprint density at radius 3 is 2.62 bits per heavy atom. The predicted octanol–water partition coefficient (Wildman–Crippen LogP) is 3.59. The van der Waals surface area contributed by atoms with E-state index in [4.69, 9.17) is 5.26 Å². The van der Waals surface area contributed by atoms with Gasteiger partial charge in [-0.2, -0.15) is 5.26 Å². The van der Waals surface area contributed by atoms with Gasteiger partial charge in [0, 0.05) is 23.7 Å². The molecule has 0 radical (unpaired) electrons. The van der Waals surface area contributed by atoms with E-state index < -0.39 is 17.0 Å². The first-order chi connectivity index (χ1) is 11.5. The van der Waals surface area contributed by atoms with E-state index in [0.717, 1.165) is 48.8 Å². The summed E-state index contributed by atoms with van der Waals surface area (Å²) in [5.41, 5.74) is -0.0373. The average Bonchev–Trinajstić information content (AvgIpc) is 2.94. The van der Waals surface area contributed by atoms with Gasteiger partial charge in [0.1, 0.15) is 17.3 Å². The van der Waals surface area contributed by atoms with Crippen LogP contribution < -0.4 is 10.6 Å². The minimum Gasteiger partial charge on any atom is -0.349 e. The molecule has 24 heavy (non-hydrogen) atoms. The van der Waals surface area contributed by atoms with Gasteiger partial charge in [-0.1, -0.05) is 6.42 Å². The third-order valence-corrected chi connectivity index (χ3v) is 4.74. The first kappa shape index (κ1) is 16.3. The number of halogens is 2. The summed E-state index contributed by atoms with van der Waals surface area (Å²) in [6.07, 6.45) is 2.58. The third kappa shape index (κ3) is 3.51. The zero-order chi connectivity index (χ0) is 17.2. The number of hydrogen-bond donors (Lipinski definition) is 2. The number of carbonyl (C=O) groups excluding carboxylic acids is 1. The zero-order valence-corrected chi connectivity index (χ0v) is 13.4. The molecule has 0 spiro atoms. The molecule has 1 amide bonds. The number of rotatable bonds is 5. The molecule has 0 aliphatic heterocycles. The normalized spacial score (nSPS) is 15.2. The van der Waals surface area contributed by atoms with Crippen LogP contribution in [-0.4, -0.2) is 17.4 Å². The maximum atomic E-state index is 13.2. The molecule has 1 heterocycles. The minimum absolute atomic E-state index is 0.201. The molecule has 1 aromatic carbocycles. The number of nitrogens with one attached hydrogen (secondary N) is 2. The van der Waals surface area contributed by atoms with Gasteiger partial charge < -0.3 is 10.6 Å². The molecular formula is C16H14F2N4OS. The standard InChI is InChI=1S/C16H14F2N4OS/c17-10-4-11(18)6-12(5-10)21-15-22-13(7-24-15)14(23)20-9-16(8-19)2-1-3-16/h4-7H,1-3,9H2,(H,20,23)(H,21,22). The highest BCUT2D eigenvalue weighted by Crippen LogP contribution is 2.39. The van der Waals surface area contributed by atoms with Gasteiger partial charge in [0.05, 0.1) is 11.5 Å². The Balaban J connectivity index is 1.62. The van der Waals surface area contributed by atoms with Gasteiger partial charge >= 0.3 is 0 Å². The average molecular weight is 348 g/mol. The van der Waals surface area contributed by atoms with Gasteiger partial charge in [0.25, 0.3) is 5.91 Å². The van der Waals surface area contributed by atoms with Crippen molar-refractivity contribution in [3.63, 3.8) is 0 Å². The minimum atomic E-state index is -0.700. The smallest absolute Gasteiger partial charge is 0.270 e. The van der Waals surface area contributed by atoms with Gasteiger partial charge in [-0.25, -0.2) is 13.8 Å². The third-order valence-electron chi connectivity index (χ3n) is 3.99. The molecule has 3 rings (SSSR count). The lowest BCUT2D eigenvalue weighted by Crippen LogP contribution is -2.41. The van der Waals surface area contributed by atoms with Crippen LogP contribution in [0.1, 0.15) is 29.8 Å². The van der Waals surface area contributed by atoms with E-state index in [1.807, 2.05) is 0 Å². The number of aromatic nitrogens is 1. The Bertz CT molecular complexity index is 790. The maximum Gasteiger partial charge on any atom is 0.270 e. The van der Waals surface area contributed by atoms with E-state index in [-0.39, 0.29) is 17.3 Å². The van der Waals surface area contributed by atoms with Gasteiger partial charge in [-0.3, -0.25) is 4.79 Å². The Morgan fingerprint density at radius 1 is 1.33 bits per heavy atom. The second-order valence-electron chi connectivity index (χ2n) is 5.75. The van der Waals surface area contributed by atoms with Crippen LogP contribution in [0.4, 0.5) is 19.6 Å². The van der Waals surface area contributed by atoms with Crippen LogP contribution in [0.15, 0.2) is 23.6 Å². The fourth-order valence-electron chi connectivity index (χ4n) is 2.46. The van der Waals surface area contributed by atoms with Crippen LogP contribution in [0, 0.1) is 28.4 Å². The molecule has 0 bridgehead atoms. The van der Waals surface area contributed by atoms with E-state index in [9.17, 15) is 13.6 Å². The fraction of sp³-hybridized carbons (Fsp3) is 0.312. The fourth-order valence-corrected chi connectivity index (χ4v) is 3.17. The number of amides is 1. The summed E-state index contributed by atoms with van der Waals surface area (Å²) in [7, 11) is 0. The second-order valence-corrected chi connectivity index (χ2v) is 6.61. The van der Waals surface area contributed by atoms with Crippen LogP contribution >= 0.6 is 11.3 Å². The molecule has 0 unspecified atom stereocenters. The molecule has 1 aliphatic carbocycles. The number of nitriles is 1. The molecule has 1 saturated carbocycles. The summed E-state index contributed by atoms with van der Waals surface area (Å²) >= 11 is 1.15. The largest absolute Gasteiger partial charge is 0.349 e. The first-order valence-electron chi connectivity index (χ1n) is 7.38. The highest BCUT2D eigenvalue weighted by Gasteiger charge is 2.37. The Hall–Kier alpha value is -2.53. The monoisotopic (exact) mass is 348 g/mol. The topological polar surface area (TPSA) is 77.8 Å². The Labute approximate surface area is 141 Å². The number of carbonyl (C=O) groups is 1. The number of thiazole rings is 1. The van der Waals surface area contributed by atoms with Crippen molar-refractivity contribution in [2.24, 2.45) is 5.41 Å². The molecule has 5 nitrogen and oxygen atoms in total. The van der Waals surface area contributed by atoms with E-state index in [0.29, 0.717) is 11.7 Å². The van der Waals surface area contributed by atoms with Crippen LogP contribution in [-0.2, 0) is 0 Å². The van der Waals surface area contributed by atoms with Crippen LogP contribution in [0.5, 0.6) is 0 Å². The van der Waals surface area contributed by atoms with Gasteiger partial charge in [-0.15, -0.1) is 11.3 Å². The lowest BCUT2D eigenvalue weighted by molar-refractivity contribution is 0.0915. The number of hydrogen-bond acceptors (Lipinski definition) is 5. The summed E-state index contributed by atoms with van der Waals surface area (Å²) < 4.78 is 26.3. The van der Waals surface area contributed by atoms with Crippen molar-refractivity contribution in [3.8, 4) is 6.07 Å². The molecule has 0 atom stereocenters. The highest BCUT2D eigenvalue weighted by atomic mass is 32.1. The van der Waals surface area contributed by atoms with Crippen molar-refractivity contribution in [1.29, 1.82) is 5.26 Å². The molecule has 1 aromatic heterocycles. The summed E-state index contributed by atoms with van der Waals surface area (Å²) in [5.74, 6) is -1.77. The predicted molar refractivity (Wildman–Crippen MR) is 86.0 cm³/mol. The molecule has 2 aromatic rings. The number of nitrogens with zero attached hydrogens (tertiary/aromatic N) is 2. The van der Waals surface area contributed by atoms with Crippen LogP contribution in [0.2, 0.25) is 0 Å². The molecule has 124 valence electrons. The molecule has 8 heteroatoms. The number of anilines is 2. The van der Waals surface area contributed by atoms with Gasteiger partial charge in [0.2, 0.25) is 0 Å². The van der Waals surface area contributed by atoms with Crippen molar-refractivity contribution >= 4 is 28.1 Å². The highest BCUT2D eigenvalue weighted by molar-refractivity contribution is 7.14.